The molecule has 25 heavy (non-hydrogen) atoms. The third-order valence-electron chi connectivity index (χ3n) is 5.12. The first-order valence-electron chi connectivity index (χ1n) is 8.44. The van der Waals surface area contributed by atoms with Gasteiger partial charge in [0.1, 0.15) is 0 Å². The maximum absolute atomic E-state index is 14.6. The van der Waals surface area contributed by atoms with Gasteiger partial charge in [0, 0.05) is 11.1 Å². The summed E-state index contributed by atoms with van der Waals surface area (Å²) in [4.78, 5) is 0. The fourth-order valence-electron chi connectivity index (χ4n) is 3.56. The van der Waals surface area contributed by atoms with Gasteiger partial charge in [0.2, 0.25) is 5.82 Å². The Bertz CT molecular complexity index is 780. The van der Waals surface area contributed by atoms with E-state index < -0.39 is 23.3 Å². The topological polar surface area (TPSA) is 9.23 Å². The van der Waals surface area contributed by atoms with Gasteiger partial charge in [-0.25, -0.2) is 13.2 Å². The van der Waals surface area contributed by atoms with Crippen LogP contribution in [0.2, 0.25) is 0 Å². The molecule has 1 fully saturated rings. The first-order valence-corrected chi connectivity index (χ1v) is 8.44. The van der Waals surface area contributed by atoms with E-state index in [-0.39, 0.29) is 22.8 Å². The van der Waals surface area contributed by atoms with Gasteiger partial charge in [-0.2, -0.15) is 4.39 Å². The SMILES string of the molecule is COc1ccc(-c2ccc(C3CCC(C)CC3)c(F)c2F)c(F)c1F. The van der Waals surface area contributed by atoms with E-state index in [2.05, 4.69) is 6.92 Å². The van der Waals surface area contributed by atoms with Crippen molar-refractivity contribution in [2.24, 2.45) is 5.92 Å². The third-order valence-corrected chi connectivity index (χ3v) is 5.12. The van der Waals surface area contributed by atoms with Gasteiger partial charge >= 0.3 is 0 Å². The Kier molecular flexibility index (Phi) is 5.02. The van der Waals surface area contributed by atoms with Gasteiger partial charge in [-0.1, -0.05) is 31.9 Å². The lowest BCUT2D eigenvalue weighted by Gasteiger charge is -2.27. The van der Waals surface area contributed by atoms with Crippen molar-refractivity contribution in [1.29, 1.82) is 0 Å². The van der Waals surface area contributed by atoms with E-state index in [4.69, 9.17) is 4.74 Å². The Morgan fingerprint density at radius 3 is 1.92 bits per heavy atom. The molecule has 0 saturated heterocycles. The molecule has 2 aromatic carbocycles. The number of hydrogen-bond donors (Lipinski definition) is 0. The Morgan fingerprint density at radius 2 is 1.32 bits per heavy atom. The van der Waals surface area contributed by atoms with Gasteiger partial charge in [-0.15, -0.1) is 0 Å². The summed E-state index contributed by atoms with van der Waals surface area (Å²) in [7, 11) is 1.21. The minimum atomic E-state index is -1.25. The molecule has 5 heteroatoms. The van der Waals surface area contributed by atoms with Gasteiger partial charge < -0.3 is 4.74 Å². The van der Waals surface area contributed by atoms with E-state index in [0.717, 1.165) is 25.7 Å². The third kappa shape index (κ3) is 3.24. The van der Waals surface area contributed by atoms with Crippen LogP contribution in [0.5, 0.6) is 5.75 Å². The lowest BCUT2D eigenvalue weighted by Crippen LogP contribution is -2.13. The van der Waals surface area contributed by atoms with Crippen molar-refractivity contribution in [2.75, 3.05) is 7.11 Å². The fourth-order valence-corrected chi connectivity index (χ4v) is 3.56. The molecule has 1 saturated carbocycles. The van der Waals surface area contributed by atoms with Crippen molar-refractivity contribution >= 4 is 0 Å². The van der Waals surface area contributed by atoms with Gasteiger partial charge in [0.05, 0.1) is 7.11 Å². The van der Waals surface area contributed by atoms with Crippen LogP contribution in [-0.2, 0) is 0 Å². The molecule has 0 amide bonds. The molecule has 0 bridgehead atoms. The smallest absolute Gasteiger partial charge is 0.201 e. The van der Waals surface area contributed by atoms with Crippen LogP contribution in [0.25, 0.3) is 11.1 Å². The van der Waals surface area contributed by atoms with Crippen molar-refractivity contribution in [2.45, 2.75) is 38.5 Å². The fraction of sp³-hybridized carbons (Fsp3) is 0.400. The van der Waals surface area contributed by atoms with Crippen LogP contribution in [0, 0.1) is 29.2 Å². The quantitative estimate of drug-likeness (QED) is 0.597. The minimum Gasteiger partial charge on any atom is -0.494 e. The average molecular weight is 352 g/mol. The van der Waals surface area contributed by atoms with Gasteiger partial charge in [0.25, 0.3) is 0 Å². The highest BCUT2D eigenvalue weighted by atomic mass is 19.2. The Labute approximate surface area is 144 Å². The van der Waals surface area contributed by atoms with E-state index in [1.54, 1.807) is 0 Å². The summed E-state index contributed by atoms with van der Waals surface area (Å²) >= 11 is 0. The van der Waals surface area contributed by atoms with Crippen LogP contribution in [0.1, 0.15) is 44.1 Å². The number of halogens is 4. The van der Waals surface area contributed by atoms with Gasteiger partial charge in [-0.3, -0.25) is 0 Å². The first kappa shape index (κ1) is 17.8. The van der Waals surface area contributed by atoms with Crippen LogP contribution < -0.4 is 4.74 Å². The molecule has 0 heterocycles. The molecule has 0 atom stereocenters. The Morgan fingerprint density at radius 1 is 0.760 bits per heavy atom. The second-order valence-electron chi connectivity index (χ2n) is 6.73. The molecular formula is C20H20F4O. The molecule has 3 rings (SSSR count). The lowest BCUT2D eigenvalue weighted by molar-refractivity contribution is 0.339. The highest BCUT2D eigenvalue weighted by molar-refractivity contribution is 5.66. The van der Waals surface area contributed by atoms with Crippen molar-refractivity contribution < 1.29 is 22.3 Å². The Hall–Kier alpha value is -2.04. The molecule has 0 N–H and O–H groups in total. The number of ether oxygens (including phenoxy) is 1. The zero-order chi connectivity index (χ0) is 18.1. The van der Waals surface area contributed by atoms with Crippen LogP contribution in [-0.4, -0.2) is 7.11 Å². The van der Waals surface area contributed by atoms with E-state index in [0.29, 0.717) is 11.5 Å². The second-order valence-corrected chi connectivity index (χ2v) is 6.73. The normalized spacial score (nSPS) is 20.6. The summed E-state index contributed by atoms with van der Waals surface area (Å²) in [6.07, 6.45) is 3.57. The number of methoxy groups -OCH3 is 1. The van der Waals surface area contributed by atoms with Crippen LogP contribution >= 0.6 is 0 Å². The van der Waals surface area contributed by atoms with Crippen molar-refractivity contribution in [3.63, 3.8) is 0 Å². The monoisotopic (exact) mass is 352 g/mol. The zero-order valence-electron chi connectivity index (χ0n) is 14.2. The summed E-state index contributed by atoms with van der Waals surface area (Å²) in [5.74, 6) is -4.29. The standard InChI is InChI=1S/C20H20F4O/c1-11-3-5-12(6-4-11)13-7-8-14(18(22)17(13)21)15-9-10-16(25-2)20(24)19(15)23/h7-12H,3-6H2,1-2H3. The summed E-state index contributed by atoms with van der Waals surface area (Å²) in [6.45, 7) is 2.15. The molecule has 134 valence electrons. The highest BCUT2D eigenvalue weighted by Gasteiger charge is 2.26. The minimum absolute atomic E-state index is 0.0304. The van der Waals surface area contributed by atoms with Crippen LogP contribution in [0.3, 0.4) is 0 Å². The van der Waals surface area contributed by atoms with Crippen LogP contribution in [0.15, 0.2) is 24.3 Å². The number of benzene rings is 2. The summed E-state index contributed by atoms with van der Waals surface area (Å²) in [5.41, 5.74) is -0.287. The summed E-state index contributed by atoms with van der Waals surface area (Å²) < 4.78 is 61.9. The molecule has 2 aromatic rings. The average Bonchev–Trinajstić information content (AvgIpc) is 2.61. The molecule has 0 unspecified atom stereocenters. The largest absolute Gasteiger partial charge is 0.494 e. The molecule has 0 spiro atoms. The highest BCUT2D eigenvalue weighted by Crippen LogP contribution is 2.39. The molecule has 0 aromatic heterocycles. The molecule has 1 nitrogen and oxygen atoms in total. The molecule has 0 aliphatic heterocycles. The molecule has 0 radical (unpaired) electrons. The van der Waals surface area contributed by atoms with E-state index in [1.807, 2.05) is 0 Å². The van der Waals surface area contributed by atoms with E-state index in [1.165, 1.54) is 31.4 Å². The number of rotatable bonds is 3. The summed E-state index contributed by atoms with van der Waals surface area (Å²) in [6, 6.07) is 5.21. The maximum Gasteiger partial charge on any atom is 0.201 e. The number of hydrogen-bond acceptors (Lipinski definition) is 1. The molecule has 1 aliphatic carbocycles. The lowest BCUT2D eigenvalue weighted by atomic mass is 9.79. The zero-order valence-corrected chi connectivity index (χ0v) is 14.2. The van der Waals surface area contributed by atoms with Crippen molar-refractivity contribution in [3.05, 3.63) is 53.1 Å². The van der Waals surface area contributed by atoms with E-state index in [9.17, 15) is 17.6 Å². The summed E-state index contributed by atoms with van der Waals surface area (Å²) in [5, 5.41) is 0. The van der Waals surface area contributed by atoms with Crippen molar-refractivity contribution in [3.8, 4) is 16.9 Å². The van der Waals surface area contributed by atoms with Gasteiger partial charge in [-0.05, 0) is 42.4 Å². The molecular weight excluding hydrogens is 332 g/mol. The van der Waals surface area contributed by atoms with Crippen LogP contribution in [0.4, 0.5) is 17.6 Å². The first-order chi connectivity index (χ1) is 11.9. The second kappa shape index (κ2) is 7.06. The maximum atomic E-state index is 14.6. The molecule has 1 aliphatic rings. The predicted molar refractivity (Wildman–Crippen MR) is 88.6 cm³/mol. The van der Waals surface area contributed by atoms with Gasteiger partial charge in [0.15, 0.2) is 23.2 Å². The van der Waals surface area contributed by atoms with Crippen molar-refractivity contribution in [1.82, 2.24) is 0 Å². The Balaban J connectivity index is 2.00. The van der Waals surface area contributed by atoms with E-state index >= 15 is 0 Å². The predicted octanol–water partition coefficient (Wildman–Crippen LogP) is 6.21.